The zero-order valence-electron chi connectivity index (χ0n) is 10.7. The Hall–Kier alpha value is -2.09. The molecule has 0 aliphatic carbocycles. The number of hydrogen-bond acceptors (Lipinski definition) is 1. The number of hydrogen-bond donors (Lipinski definition) is 0. The number of fused-ring (bicyclic) bond motifs is 3. The Kier molecular flexibility index (Phi) is 2.63. The van der Waals surface area contributed by atoms with Crippen LogP contribution >= 0.6 is 0 Å². The zero-order valence-corrected chi connectivity index (χ0v) is 10.7. The minimum Gasteiger partial charge on any atom is -0.341 e. The number of aliphatic imine (C=N–C) groups is 1. The minimum absolute atomic E-state index is 0.987. The lowest BCUT2D eigenvalue weighted by molar-refractivity contribution is 0.827. The first-order chi connectivity index (χ1) is 8.85. The van der Waals surface area contributed by atoms with Gasteiger partial charge in [0.25, 0.3) is 0 Å². The Balaban J connectivity index is 2.44. The molecule has 0 aliphatic rings. The van der Waals surface area contributed by atoms with Crippen molar-refractivity contribution in [2.45, 2.75) is 20.4 Å². The van der Waals surface area contributed by atoms with E-state index in [0.717, 1.165) is 12.2 Å². The molecule has 0 spiro atoms. The van der Waals surface area contributed by atoms with Gasteiger partial charge in [-0.25, -0.2) is 0 Å². The third-order valence-corrected chi connectivity index (χ3v) is 3.35. The van der Waals surface area contributed by atoms with Crippen LogP contribution in [0.4, 0.5) is 5.69 Å². The molecule has 0 N–H and O–H groups in total. The summed E-state index contributed by atoms with van der Waals surface area (Å²) >= 11 is 0. The number of para-hydroxylation sites is 1. The van der Waals surface area contributed by atoms with Gasteiger partial charge < -0.3 is 4.57 Å². The highest BCUT2D eigenvalue weighted by Crippen LogP contribution is 2.31. The van der Waals surface area contributed by atoms with Gasteiger partial charge in [-0.1, -0.05) is 18.2 Å². The van der Waals surface area contributed by atoms with Gasteiger partial charge in [0.1, 0.15) is 0 Å². The van der Waals surface area contributed by atoms with E-state index >= 15 is 0 Å². The largest absolute Gasteiger partial charge is 0.341 e. The summed E-state index contributed by atoms with van der Waals surface area (Å²) < 4.78 is 2.35. The highest BCUT2D eigenvalue weighted by molar-refractivity contribution is 6.09. The van der Waals surface area contributed by atoms with Crippen molar-refractivity contribution < 1.29 is 0 Å². The summed E-state index contributed by atoms with van der Waals surface area (Å²) in [6, 6.07) is 15.0. The van der Waals surface area contributed by atoms with Crippen LogP contribution in [0, 0.1) is 0 Å². The summed E-state index contributed by atoms with van der Waals surface area (Å²) in [6.45, 7) is 5.11. The van der Waals surface area contributed by atoms with Crippen LogP contribution in [-0.4, -0.2) is 10.8 Å². The van der Waals surface area contributed by atoms with Crippen LogP contribution in [0.2, 0.25) is 0 Å². The van der Waals surface area contributed by atoms with Crippen LogP contribution in [0.1, 0.15) is 13.8 Å². The SMILES string of the molecule is CC=Nc1ccc2c(c1)c1ccccc1n2CC. The molecule has 1 aromatic heterocycles. The van der Waals surface area contributed by atoms with Gasteiger partial charge in [-0.2, -0.15) is 0 Å². The number of aromatic nitrogens is 1. The molecule has 0 saturated heterocycles. The number of benzene rings is 2. The van der Waals surface area contributed by atoms with Gasteiger partial charge in [0.05, 0.1) is 5.69 Å². The highest BCUT2D eigenvalue weighted by atomic mass is 15.0. The van der Waals surface area contributed by atoms with E-state index in [1.165, 1.54) is 21.8 Å². The smallest absolute Gasteiger partial charge is 0.0633 e. The van der Waals surface area contributed by atoms with Crippen LogP contribution in [0.15, 0.2) is 47.5 Å². The van der Waals surface area contributed by atoms with Crippen LogP contribution in [0.3, 0.4) is 0 Å². The van der Waals surface area contributed by atoms with E-state index < -0.39 is 0 Å². The molecular weight excluding hydrogens is 220 g/mol. The van der Waals surface area contributed by atoms with Crippen molar-refractivity contribution in [1.29, 1.82) is 0 Å². The third-order valence-electron chi connectivity index (χ3n) is 3.35. The Morgan fingerprint density at radius 2 is 1.83 bits per heavy atom. The van der Waals surface area contributed by atoms with Gasteiger partial charge in [0, 0.05) is 34.6 Å². The normalized spacial score (nSPS) is 11.9. The molecule has 90 valence electrons. The van der Waals surface area contributed by atoms with E-state index in [2.05, 4.69) is 58.9 Å². The van der Waals surface area contributed by atoms with E-state index in [1.54, 1.807) is 0 Å². The predicted octanol–water partition coefficient (Wildman–Crippen LogP) is 4.54. The number of rotatable bonds is 2. The lowest BCUT2D eigenvalue weighted by Crippen LogP contribution is -1.92. The Labute approximate surface area is 107 Å². The quantitative estimate of drug-likeness (QED) is 0.581. The second kappa shape index (κ2) is 4.30. The van der Waals surface area contributed by atoms with Gasteiger partial charge in [-0.05, 0) is 38.1 Å². The first kappa shape index (κ1) is 11.0. The van der Waals surface area contributed by atoms with Crippen LogP contribution in [0.5, 0.6) is 0 Å². The predicted molar refractivity (Wildman–Crippen MR) is 78.9 cm³/mol. The molecule has 0 fully saturated rings. The molecule has 2 aromatic carbocycles. The van der Waals surface area contributed by atoms with E-state index in [9.17, 15) is 0 Å². The number of nitrogens with zero attached hydrogens (tertiary/aromatic N) is 2. The molecule has 1 heterocycles. The second-order valence-electron chi connectivity index (χ2n) is 4.35. The van der Waals surface area contributed by atoms with Crippen LogP contribution in [0.25, 0.3) is 21.8 Å². The summed E-state index contributed by atoms with van der Waals surface area (Å²) in [7, 11) is 0. The maximum Gasteiger partial charge on any atom is 0.0633 e. The fourth-order valence-corrected chi connectivity index (χ4v) is 2.61. The van der Waals surface area contributed by atoms with Crippen molar-refractivity contribution in [2.75, 3.05) is 0 Å². The molecular formula is C16H16N2. The molecule has 0 unspecified atom stereocenters. The first-order valence-corrected chi connectivity index (χ1v) is 6.35. The van der Waals surface area contributed by atoms with E-state index in [4.69, 9.17) is 0 Å². The standard InChI is InChI=1S/C16H16N2/c1-3-17-12-9-10-16-14(11-12)13-7-5-6-8-15(13)18(16)4-2/h3,5-11H,4H2,1-2H3. The van der Waals surface area contributed by atoms with Crippen LogP contribution in [-0.2, 0) is 6.54 Å². The monoisotopic (exact) mass is 236 g/mol. The Morgan fingerprint density at radius 3 is 2.61 bits per heavy atom. The second-order valence-corrected chi connectivity index (χ2v) is 4.35. The van der Waals surface area contributed by atoms with Crippen LogP contribution < -0.4 is 0 Å². The molecule has 18 heavy (non-hydrogen) atoms. The zero-order chi connectivity index (χ0) is 12.5. The lowest BCUT2D eigenvalue weighted by Gasteiger charge is -2.02. The van der Waals surface area contributed by atoms with Gasteiger partial charge in [-0.15, -0.1) is 0 Å². The third kappa shape index (κ3) is 1.53. The molecule has 0 saturated carbocycles. The number of aryl methyl sites for hydroxylation is 1. The molecule has 0 atom stereocenters. The highest BCUT2D eigenvalue weighted by Gasteiger charge is 2.08. The summed E-state index contributed by atoms with van der Waals surface area (Å²) in [5.74, 6) is 0. The average molecular weight is 236 g/mol. The molecule has 3 aromatic rings. The van der Waals surface area contributed by atoms with Crippen molar-refractivity contribution in [2.24, 2.45) is 4.99 Å². The van der Waals surface area contributed by atoms with Crippen molar-refractivity contribution in [1.82, 2.24) is 4.57 Å². The fraction of sp³-hybridized carbons (Fsp3) is 0.188. The molecule has 2 nitrogen and oxygen atoms in total. The maximum atomic E-state index is 4.36. The van der Waals surface area contributed by atoms with E-state index in [0.29, 0.717) is 0 Å². The molecule has 2 heteroatoms. The first-order valence-electron chi connectivity index (χ1n) is 6.35. The Morgan fingerprint density at radius 1 is 1.06 bits per heavy atom. The summed E-state index contributed by atoms with van der Waals surface area (Å²) in [5.41, 5.74) is 3.60. The van der Waals surface area contributed by atoms with Crippen molar-refractivity contribution in [3.8, 4) is 0 Å². The summed E-state index contributed by atoms with van der Waals surface area (Å²) in [4.78, 5) is 4.36. The van der Waals surface area contributed by atoms with E-state index in [1.807, 2.05) is 13.1 Å². The summed E-state index contributed by atoms with van der Waals surface area (Å²) in [5, 5.41) is 2.60. The maximum absolute atomic E-state index is 4.36. The van der Waals surface area contributed by atoms with Crippen molar-refractivity contribution in [3.05, 3.63) is 42.5 Å². The van der Waals surface area contributed by atoms with Gasteiger partial charge in [-0.3, -0.25) is 4.99 Å². The average Bonchev–Trinajstić information content (AvgIpc) is 2.72. The summed E-state index contributed by atoms with van der Waals surface area (Å²) in [6.07, 6.45) is 1.83. The fourth-order valence-electron chi connectivity index (χ4n) is 2.61. The lowest BCUT2D eigenvalue weighted by atomic mass is 10.1. The topological polar surface area (TPSA) is 17.3 Å². The molecule has 0 amide bonds. The van der Waals surface area contributed by atoms with Crippen molar-refractivity contribution >= 4 is 33.7 Å². The minimum atomic E-state index is 0.987. The molecule has 0 aliphatic heterocycles. The van der Waals surface area contributed by atoms with Gasteiger partial charge in [0.15, 0.2) is 0 Å². The van der Waals surface area contributed by atoms with Gasteiger partial charge >= 0.3 is 0 Å². The molecule has 3 rings (SSSR count). The molecule has 0 radical (unpaired) electrons. The molecule has 0 bridgehead atoms. The van der Waals surface area contributed by atoms with E-state index in [-0.39, 0.29) is 0 Å². The van der Waals surface area contributed by atoms with Crippen molar-refractivity contribution in [3.63, 3.8) is 0 Å². The van der Waals surface area contributed by atoms with Gasteiger partial charge in [0.2, 0.25) is 0 Å². The Bertz CT molecular complexity index is 735.